The van der Waals surface area contributed by atoms with Crippen molar-refractivity contribution in [1.82, 2.24) is 0 Å². The van der Waals surface area contributed by atoms with E-state index in [1.807, 2.05) is 6.92 Å². The number of rotatable bonds is 0. The largest absolute Gasteiger partial charge is 0.462 e. The van der Waals surface area contributed by atoms with E-state index in [4.69, 9.17) is 47.4 Å². The standard InChI is InChI=1S/2C11H10O4.C9H14O4.2C7H10O4.C3H6/c2*1-7-6-14-10(12)8-4-2-3-5-9(8)11(13)15-7;1-7-6-12-8(10)4-2-3-5-9(11)13-7;2*1-5-4-10-6(8)2-3-7(9)11-5;1-3-2/h2*2-5,7H,6H2,1H3;7H,2-6H2,1H3;2*5H,2-4H2,1H3;3H,1H2,2H3. The fourth-order valence-corrected chi connectivity index (χ4v) is 5.53. The van der Waals surface area contributed by atoms with E-state index in [1.54, 1.807) is 89.2 Å². The second kappa shape index (κ2) is 31.0. The Morgan fingerprint density at radius 3 is 0.941 bits per heavy atom. The number of hydrogen-bond donors (Lipinski definition) is 0. The molecule has 372 valence electrons. The minimum atomic E-state index is -0.478. The van der Waals surface area contributed by atoms with Crippen LogP contribution < -0.4 is 0 Å². The Hall–Kier alpha value is -7.12. The average molecular weight is 957 g/mol. The third kappa shape index (κ3) is 22.9. The number of cyclic esters (lactones) is 10. The Bertz CT molecular complexity index is 1940. The van der Waals surface area contributed by atoms with Crippen LogP contribution in [0.4, 0.5) is 0 Å². The van der Waals surface area contributed by atoms with Crippen LogP contribution in [-0.2, 0) is 76.1 Å². The van der Waals surface area contributed by atoms with Gasteiger partial charge in [-0.2, -0.15) is 0 Å². The van der Waals surface area contributed by atoms with Crippen LogP contribution in [0.3, 0.4) is 0 Å². The van der Waals surface area contributed by atoms with Gasteiger partial charge in [0.1, 0.15) is 63.6 Å². The van der Waals surface area contributed by atoms with Crippen molar-refractivity contribution in [3.8, 4) is 0 Å². The third-order valence-corrected chi connectivity index (χ3v) is 8.76. The molecule has 20 nitrogen and oxygen atoms in total. The molecule has 0 bridgehead atoms. The van der Waals surface area contributed by atoms with Gasteiger partial charge in [0.2, 0.25) is 0 Å². The maximum Gasteiger partial charge on any atom is 0.339 e. The van der Waals surface area contributed by atoms with Gasteiger partial charge in [-0.1, -0.05) is 30.3 Å². The van der Waals surface area contributed by atoms with E-state index in [-0.39, 0.29) is 135 Å². The van der Waals surface area contributed by atoms with E-state index in [0.29, 0.717) is 25.7 Å². The number of carbonyl (C=O) groups excluding carboxylic acids is 10. The first-order chi connectivity index (χ1) is 32.3. The van der Waals surface area contributed by atoms with Crippen molar-refractivity contribution in [1.29, 1.82) is 0 Å². The predicted molar refractivity (Wildman–Crippen MR) is 236 cm³/mol. The van der Waals surface area contributed by atoms with Crippen LogP contribution in [0.25, 0.3) is 0 Å². The van der Waals surface area contributed by atoms with Crippen LogP contribution >= 0.6 is 0 Å². The van der Waals surface area contributed by atoms with Gasteiger partial charge in [0.25, 0.3) is 0 Å². The van der Waals surface area contributed by atoms with Crippen molar-refractivity contribution in [2.75, 3.05) is 33.0 Å². The number of allylic oxidation sites excluding steroid dienone is 1. The van der Waals surface area contributed by atoms with Crippen LogP contribution in [0.1, 0.15) is 134 Å². The fourth-order valence-electron chi connectivity index (χ4n) is 5.53. The van der Waals surface area contributed by atoms with Gasteiger partial charge in [0.05, 0.1) is 47.9 Å². The SMILES string of the molecule is C=CC.CC1COC(=O)CCC(=O)O1.CC1COC(=O)CCC(=O)O1.CC1COC(=O)CCCCC(=O)O1.CC1COC(=O)c2ccccc2C(=O)O1.CC1COC(=O)c2ccccc2C(=O)O1. The maximum absolute atomic E-state index is 11.6. The molecule has 0 aromatic heterocycles. The van der Waals surface area contributed by atoms with Crippen molar-refractivity contribution in [3.05, 3.63) is 83.4 Å². The number of esters is 10. The van der Waals surface area contributed by atoms with Crippen molar-refractivity contribution < 1.29 is 95.3 Å². The molecule has 2 aromatic carbocycles. The van der Waals surface area contributed by atoms with Gasteiger partial charge in [-0.25, -0.2) is 19.2 Å². The highest BCUT2D eigenvalue weighted by Crippen LogP contribution is 2.17. The Kier molecular flexibility index (Phi) is 26.0. The molecular formula is C48H60O20. The van der Waals surface area contributed by atoms with Crippen molar-refractivity contribution in [2.45, 2.75) is 123 Å². The number of fused-ring (bicyclic) bond motifs is 2. The van der Waals surface area contributed by atoms with Gasteiger partial charge < -0.3 is 47.4 Å². The fraction of sp³-hybridized carbons (Fsp3) is 0.500. The van der Waals surface area contributed by atoms with Gasteiger partial charge >= 0.3 is 59.7 Å². The van der Waals surface area contributed by atoms with Gasteiger partial charge in [-0.15, -0.1) is 6.58 Å². The molecule has 0 radical (unpaired) electrons. The minimum Gasteiger partial charge on any atom is -0.462 e. The molecule has 5 unspecified atom stereocenters. The maximum atomic E-state index is 11.6. The molecule has 5 atom stereocenters. The Morgan fingerprint density at radius 2 is 0.603 bits per heavy atom. The summed E-state index contributed by atoms with van der Waals surface area (Å²) >= 11 is 0. The van der Waals surface area contributed by atoms with E-state index in [0.717, 1.165) is 0 Å². The number of carbonyl (C=O) groups is 10. The summed E-state index contributed by atoms with van der Waals surface area (Å²) in [6.45, 7) is 14.4. The number of benzene rings is 2. The smallest absolute Gasteiger partial charge is 0.339 e. The second-order valence-corrected chi connectivity index (χ2v) is 15.3. The molecule has 7 rings (SSSR count). The summed E-state index contributed by atoms with van der Waals surface area (Å²) in [7, 11) is 0. The van der Waals surface area contributed by atoms with Crippen LogP contribution in [0.5, 0.6) is 0 Å². The summed E-state index contributed by atoms with van der Waals surface area (Å²) in [5.41, 5.74) is 1.03. The molecule has 5 aliphatic rings. The molecule has 0 aliphatic carbocycles. The zero-order valence-corrected chi connectivity index (χ0v) is 39.1. The summed E-state index contributed by atoms with van der Waals surface area (Å²) in [6.07, 6.45) is 2.70. The molecule has 2 aromatic rings. The van der Waals surface area contributed by atoms with Gasteiger partial charge in [0, 0.05) is 12.8 Å². The van der Waals surface area contributed by atoms with Crippen LogP contribution in [0.15, 0.2) is 61.2 Å². The predicted octanol–water partition coefficient (Wildman–Crippen LogP) is 5.54. The number of hydrogen-bond acceptors (Lipinski definition) is 20. The van der Waals surface area contributed by atoms with Crippen LogP contribution in [-0.4, -0.2) is 123 Å². The lowest BCUT2D eigenvalue weighted by atomic mass is 10.1. The van der Waals surface area contributed by atoms with E-state index in [1.165, 1.54) is 0 Å². The molecule has 3 saturated heterocycles. The van der Waals surface area contributed by atoms with E-state index >= 15 is 0 Å². The minimum absolute atomic E-state index is 0.0961. The first-order valence-corrected chi connectivity index (χ1v) is 21.9. The monoisotopic (exact) mass is 956 g/mol. The highest BCUT2D eigenvalue weighted by molar-refractivity contribution is 6.04. The highest BCUT2D eigenvalue weighted by Gasteiger charge is 2.26. The second-order valence-electron chi connectivity index (χ2n) is 15.3. The van der Waals surface area contributed by atoms with E-state index < -0.39 is 36.1 Å². The summed E-state index contributed by atoms with van der Waals surface area (Å²) in [6, 6.07) is 12.9. The normalized spacial score (nSPS) is 22.9. The summed E-state index contributed by atoms with van der Waals surface area (Å²) < 4.78 is 48.9. The lowest BCUT2D eigenvalue weighted by molar-refractivity contribution is -0.164. The van der Waals surface area contributed by atoms with Crippen molar-refractivity contribution >= 4 is 59.7 Å². The zero-order chi connectivity index (χ0) is 50.6. The molecule has 20 heteroatoms. The molecule has 0 amide bonds. The molecule has 68 heavy (non-hydrogen) atoms. The molecule has 0 spiro atoms. The molecule has 5 heterocycles. The van der Waals surface area contributed by atoms with Crippen LogP contribution in [0.2, 0.25) is 0 Å². The molecule has 3 fully saturated rings. The zero-order valence-electron chi connectivity index (χ0n) is 39.1. The molecular weight excluding hydrogens is 897 g/mol. The Balaban J connectivity index is 0.000000289. The molecule has 5 aliphatic heterocycles. The summed E-state index contributed by atoms with van der Waals surface area (Å²) in [5.74, 6) is -3.62. The Labute approximate surface area is 394 Å². The third-order valence-electron chi connectivity index (χ3n) is 8.76. The topological polar surface area (TPSA) is 263 Å². The van der Waals surface area contributed by atoms with Crippen LogP contribution in [0, 0.1) is 0 Å². The quantitative estimate of drug-likeness (QED) is 0.178. The molecule has 0 N–H and O–H groups in total. The summed E-state index contributed by atoms with van der Waals surface area (Å²) in [5, 5.41) is 0. The number of ether oxygens (including phenoxy) is 10. The van der Waals surface area contributed by atoms with E-state index in [9.17, 15) is 47.9 Å². The van der Waals surface area contributed by atoms with Gasteiger partial charge in [-0.3, -0.25) is 28.8 Å². The Morgan fingerprint density at radius 1 is 0.368 bits per heavy atom. The van der Waals surface area contributed by atoms with Gasteiger partial charge in [-0.05, 0) is 78.6 Å². The van der Waals surface area contributed by atoms with E-state index in [2.05, 4.69) is 6.58 Å². The molecule has 0 saturated carbocycles. The lowest BCUT2D eigenvalue weighted by Crippen LogP contribution is -2.27. The van der Waals surface area contributed by atoms with Crippen molar-refractivity contribution in [3.63, 3.8) is 0 Å². The lowest BCUT2D eigenvalue weighted by Gasteiger charge is -2.18. The van der Waals surface area contributed by atoms with Crippen molar-refractivity contribution in [2.24, 2.45) is 0 Å². The van der Waals surface area contributed by atoms with Gasteiger partial charge in [0.15, 0.2) is 0 Å². The first kappa shape index (κ1) is 57.0. The first-order valence-electron chi connectivity index (χ1n) is 21.9. The summed E-state index contributed by atoms with van der Waals surface area (Å²) in [4.78, 5) is 111. The highest BCUT2D eigenvalue weighted by atomic mass is 16.6. The average Bonchev–Trinajstić information content (AvgIpc) is 3.30.